The molecule has 0 bridgehead atoms. The summed E-state index contributed by atoms with van der Waals surface area (Å²) in [4.78, 5) is 0. The molecule has 1 aromatic heterocycles. The van der Waals surface area contributed by atoms with E-state index in [1.807, 2.05) is 12.1 Å². The van der Waals surface area contributed by atoms with Crippen molar-refractivity contribution in [2.45, 2.75) is 32.2 Å². The summed E-state index contributed by atoms with van der Waals surface area (Å²) in [7, 11) is 1.69. The molecule has 23 heavy (non-hydrogen) atoms. The Morgan fingerprint density at radius 3 is 2.65 bits per heavy atom. The maximum Gasteiger partial charge on any atom is 0.118 e. The van der Waals surface area contributed by atoms with E-state index in [1.165, 1.54) is 27.7 Å². The van der Waals surface area contributed by atoms with Crippen LogP contribution in [0.15, 0.2) is 30.5 Å². The number of ether oxygens (including phenoxy) is 1. The molecule has 1 fully saturated rings. The van der Waals surface area contributed by atoms with Crippen LogP contribution in [0.25, 0.3) is 0 Å². The van der Waals surface area contributed by atoms with Gasteiger partial charge < -0.3 is 10.1 Å². The smallest absolute Gasteiger partial charge is 0.118 e. The average Bonchev–Trinajstić information content (AvgIpc) is 2.96. The second kappa shape index (κ2) is 7.66. The Morgan fingerprint density at radius 2 is 2.00 bits per heavy atom. The Labute approximate surface area is 151 Å². The highest BCUT2D eigenvalue weighted by molar-refractivity contribution is 14.1. The summed E-state index contributed by atoms with van der Waals surface area (Å²) in [5.41, 5.74) is 2.50. The van der Waals surface area contributed by atoms with Crippen molar-refractivity contribution in [3.8, 4) is 5.75 Å². The third kappa shape index (κ3) is 4.07. The Morgan fingerprint density at radius 1 is 1.30 bits per heavy atom. The minimum Gasteiger partial charge on any atom is -0.497 e. The fraction of sp³-hybridized carbons (Fsp3) is 0.500. The average molecular weight is 425 g/mol. The number of aromatic nitrogens is 2. The van der Waals surface area contributed by atoms with E-state index in [0.717, 1.165) is 31.3 Å². The first kappa shape index (κ1) is 16.8. The van der Waals surface area contributed by atoms with Gasteiger partial charge in [0.1, 0.15) is 5.75 Å². The molecule has 0 radical (unpaired) electrons. The third-order valence-electron chi connectivity index (χ3n) is 4.77. The van der Waals surface area contributed by atoms with Gasteiger partial charge in [0.2, 0.25) is 0 Å². The lowest BCUT2D eigenvalue weighted by Crippen LogP contribution is -2.30. The monoisotopic (exact) mass is 425 g/mol. The van der Waals surface area contributed by atoms with Crippen LogP contribution in [-0.2, 0) is 6.54 Å². The molecule has 2 heterocycles. The van der Waals surface area contributed by atoms with Gasteiger partial charge in [0, 0.05) is 12.1 Å². The first-order valence-corrected chi connectivity index (χ1v) is 9.31. The zero-order valence-corrected chi connectivity index (χ0v) is 15.9. The summed E-state index contributed by atoms with van der Waals surface area (Å²) in [6, 6.07) is 8.21. The van der Waals surface area contributed by atoms with Gasteiger partial charge in [-0.05, 0) is 72.1 Å². The molecule has 0 spiro atoms. The molecule has 3 rings (SSSR count). The lowest BCUT2D eigenvalue weighted by atomic mass is 9.84. The van der Waals surface area contributed by atoms with Gasteiger partial charge in [0.25, 0.3) is 0 Å². The molecule has 1 aliphatic rings. The van der Waals surface area contributed by atoms with Gasteiger partial charge in [-0.1, -0.05) is 19.1 Å². The molecule has 0 amide bonds. The van der Waals surface area contributed by atoms with Crippen molar-refractivity contribution >= 4 is 22.6 Å². The van der Waals surface area contributed by atoms with Gasteiger partial charge >= 0.3 is 0 Å². The highest BCUT2D eigenvalue weighted by atomic mass is 127. The largest absolute Gasteiger partial charge is 0.497 e. The Hall–Kier alpha value is -1.08. The molecule has 1 aromatic carbocycles. The third-order valence-corrected chi connectivity index (χ3v) is 5.60. The Bertz CT molecular complexity index is 632. The number of hydrogen-bond acceptors (Lipinski definition) is 3. The van der Waals surface area contributed by atoms with E-state index in [4.69, 9.17) is 9.84 Å². The van der Waals surface area contributed by atoms with Crippen LogP contribution in [-0.4, -0.2) is 30.0 Å². The van der Waals surface area contributed by atoms with Crippen LogP contribution >= 0.6 is 22.6 Å². The number of piperidine rings is 1. The van der Waals surface area contributed by atoms with Crippen LogP contribution in [0.1, 0.15) is 36.9 Å². The predicted octanol–water partition coefficient (Wildman–Crippen LogP) is 3.65. The summed E-state index contributed by atoms with van der Waals surface area (Å²) in [5.74, 6) is 2.17. The van der Waals surface area contributed by atoms with Crippen molar-refractivity contribution < 1.29 is 4.74 Å². The van der Waals surface area contributed by atoms with Crippen molar-refractivity contribution in [2.75, 3.05) is 20.2 Å². The Balaban J connectivity index is 1.71. The van der Waals surface area contributed by atoms with Crippen LogP contribution in [0.3, 0.4) is 0 Å². The zero-order chi connectivity index (χ0) is 16.2. The van der Waals surface area contributed by atoms with Crippen molar-refractivity contribution in [1.29, 1.82) is 0 Å². The molecule has 124 valence electrons. The normalized spacial score (nSPS) is 17.2. The molecule has 4 nitrogen and oxygen atoms in total. The molecule has 0 saturated carbocycles. The Kier molecular flexibility index (Phi) is 5.58. The van der Waals surface area contributed by atoms with E-state index >= 15 is 0 Å². The summed E-state index contributed by atoms with van der Waals surface area (Å²) in [6.07, 6.45) is 4.67. The van der Waals surface area contributed by atoms with E-state index < -0.39 is 0 Å². The minimum atomic E-state index is 0.529. The fourth-order valence-electron chi connectivity index (χ4n) is 3.29. The first-order chi connectivity index (χ1) is 11.2. The van der Waals surface area contributed by atoms with Crippen molar-refractivity contribution in [1.82, 2.24) is 15.1 Å². The minimum absolute atomic E-state index is 0.529. The maximum absolute atomic E-state index is 5.21. The van der Waals surface area contributed by atoms with Gasteiger partial charge in [0.15, 0.2) is 0 Å². The maximum atomic E-state index is 5.21. The summed E-state index contributed by atoms with van der Waals surface area (Å²) >= 11 is 2.43. The zero-order valence-electron chi connectivity index (χ0n) is 13.8. The topological polar surface area (TPSA) is 39.1 Å². The van der Waals surface area contributed by atoms with Crippen LogP contribution in [0, 0.1) is 9.49 Å². The standard InChI is InChI=1S/C18H24IN3O/c1-13(15-7-9-20-10-8-15)18-17(19)12-22(21-18)11-14-3-5-16(23-2)6-4-14/h3-6,12-13,15,20H,7-11H2,1-2H3/t13-/m0/s1. The molecule has 1 saturated heterocycles. The number of benzene rings is 1. The number of rotatable bonds is 5. The summed E-state index contributed by atoms with van der Waals surface area (Å²) in [6.45, 7) is 5.41. The van der Waals surface area contributed by atoms with Gasteiger partial charge in [0.05, 0.1) is 22.9 Å². The van der Waals surface area contributed by atoms with Crippen molar-refractivity contribution in [3.63, 3.8) is 0 Å². The fourth-order valence-corrected chi connectivity index (χ4v) is 4.21. The van der Waals surface area contributed by atoms with E-state index in [2.05, 4.69) is 57.8 Å². The highest BCUT2D eigenvalue weighted by Gasteiger charge is 2.25. The number of halogens is 1. The van der Waals surface area contributed by atoms with E-state index in [-0.39, 0.29) is 0 Å². The van der Waals surface area contributed by atoms with Crippen molar-refractivity contribution in [3.05, 3.63) is 45.3 Å². The molecule has 1 aliphatic heterocycles. The lowest BCUT2D eigenvalue weighted by Gasteiger charge is -2.27. The lowest BCUT2D eigenvalue weighted by molar-refractivity contribution is 0.325. The molecule has 5 heteroatoms. The molecular formula is C18H24IN3O. The van der Waals surface area contributed by atoms with E-state index in [0.29, 0.717) is 5.92 Å². The second-order valence-electron chi connectivity index (χ2n) is 6.28. The highest BCUT2D eigenvalue weighted by Crippen LogP contribution is 2.32. The summed E-state index contributed by atoms with van der Waals surface area (Å²) < 4.78 is 8.56. The van der Waals surface area contributed by atoms with Crippen LogP contribution < -0.4 is 10.1 Å². The molecule has 1 N–H and O–H groups in total. The number of nitrogens with zero attached hydrogens (tertiary/aromatic N) is 2. The number of hydrogen-bond donors (Lipinski definition) is 1. The SMILES string of the molecule is COc1ccc(Cn2cc(I)c([C@@H](C)C3CCNCC3)n2)cc1. The predicted molar refractivity (Wildman–Crippen MR) is 101 cm³/mol. The van der Waals surface area contributed by atoms with Crippen LogP contribution in [0.4, 0.5) is 0 Å². The molecule has 0 aliphatic carbocycles. The van der Waals surface area contributed by atoms with Gasteiger partial charge in [-0.2, -0.15) is 5.10 Å². The molecule has 1 atom stereocenters. The van der Waals surface area contributed by atoms with Crippen LogP contribution in [0.5, 0.6) is 5.75 Å². The van der Waals surface area contributed by atoms with Crippen LogP contribution in [0.2, 0.25) is 0 Å². The van der Waals surface area contributed by atoms with Crippen molar-refractivity contribution in [2.24, 2.45) is 5.92 Å². The number of nitrogens with one attached hydrogen (secondary N) is 1. The van der Waals surface area contributed by atoms with Gasteiger partial charge in [-0.25, -0.2) is 0 Å². The molecule has 2 aromatic rings. The number of methoxy groups -OCH3 is 1. The van der Waals surface area contributed by atoms with E-state index in [1.54, 1.807) is 7.11 Å². The molecular weight excluding hydrogens is 401 g/mol. The first-order valence-electron chi connectivity index (χ1n) is 8.24. The van der Waals surface area contributed by atoms with Gasteiger partial charge in [-0.15, -0.1) is 0 Å². The quantitative estimate of drug-likeness (QED) is 0.744. The van der Waals surface area contributed by atoms with E-state index in [9.17, 15) is 0 Å². The summed E-state index contributed by atoms with van der Waals surface area (Å²) in [5, 5.41) is 8.33. The molecule has 0 unspecified atom stereocenters. The second-order valence-corrected chi connectivity index (χ2v) is 7.45. The van der Waals surface area contributed by atoms with Gasteiger partial charge in [-0.3, -0.25) is 4.68 Å².